The maximum atomic E-state index is 13.4. The Kier molecular flexibility index (Phi) is 3.50. The van der Waals surface area contributed by atoms with Gasteiger partial charge in [0.05, 0.1) is 30.0 Å². The Morgan fingerprint density at radius 1 is 1.14 bits per heavy atom. The lowest BCUT2D eigenvalue weighted by atomic mass is 10.1. The van der Waals surface area contributed by atoms with Crippen LogP contribution in [0.2, 0.25) is 0 Å². The van der Waals surface area contributed by atoms with Crippen LogP contribution >= 0.6 is 0 Å². The van der Waals surface area contributed by atoms with Gasteiger partial charge in [-0.1, -0.05) is 12.1 Å². The van der Waals surface area contributed by atoms with Crippen molar-refractivity contribution in [3.05, 3.63) is 65.7 Å². The third-order valence-electron chi connectivity index (χ3n) is 3.23. The second-order valence-corrected chi connectivity index (χ2v) is 4.57. The molecule has 1 heterocycles. The fraction of sp³-hybridized carbons (Fsp3) is 0.125. The summed E-state index contributed by atoms with van der Waals surface area (Å²) < 4.78 is 18.6. The Morgan fingerprint density at radius 2 is 1.90 bits per heavy atom. The Labute approximate surface area is 120 Å². The molecule has 1 N–H and O–H groups in total. The van der Waals surface area contributed by atoms with Gasteiger partial charge in [0.15, 0.2) is 0 Å². The van der Waals surface area contributed by atoms with Gasteiger partial charge in [-0.2, -0.15) is 0 Å². The number of aliphatic hydroxyl groups is 1. The van der Waals surface area contributed by atoms with Crippen LogP contribution in [0.4, 0.5) is 4.39 Å². The highest BCUT2D eigenvalue weighted by Crippen LogP contribution is 2.30. The zero-order chi connectivity index (χ0) is 14.8. The van der Waals surface area contributed by atoms with Gasteiger partial charge < -0.3 is 9.84 Å². The molecule has 0 spiro atoms. The van der Waals surface area contributed by atoms with Crippen LogP contribution in [0.5, 0.6) is 5.75 Å². The topological polar surface area (TPSA) is 55.2 Å². The molecule has 0 aliphatic heterocycles. The van der Waals surface area contributed by atoms with Crippen molar-refractivity contribution in [2.75, 3.05) is 7.11 Å². The van der Waals surface area contributed by atoms with E-state index in [0.29, 0.717) is 22.5 Å². The van der Waals surface area contributed by atoms with Crippen molar-refractivity contribution in [2.45, 2.75) is 6.10 Å². The molecule has 1 unspecified atom stereocenters. The summed E-state index contributed by atoms with van der Waals surface area (Å²) in [5, 5.41) is 10.4. The molecular weight excluding hydrogens is 271 g/mol. The number of nitrogens with zero attached hydrogens (tertiary/aromatic N) is 2. The molecule has 3 aromatic rings. The van der Waals surface area contributed by atoms with E-state index in [1.165, 1.54) is 31.5 Å². The number of ether oxygens (including phenoxy) is 1. The molecule has 21 heavy (non-hydrogen) atoms. The molecule has 3 rings (SSSR count). The smallest absolute Gasteiger partial charge is 0.126 e. The number of aliphatic hydroxyl groups excluding tert-OH is 1. The van der Waals surface area contributed by atoms with Crippen molar-refractivity contribution in [3.63, 3.8) is 0 Å². The molecule has 0 radical (unpaired) electrons. The zero-order valence-corrected chi connectivity index (χ0v) is 11.3. The monoisotopic (exact) mass is 284 g/mol. The van der Waals surface area contributed by atoms with Gasteiger partial charge in [0.25, 0.3) is 0 Å². The minimum atomic E-state index is -1.10. The van der Waals surface area contributed by atoms with Crippen molar-refractivity contribution in [2.24, 2.45) is 0 Å². The van der Waals surface area contributed by atoms with E-state index in [-0.39, 0.29) is 0 Å². The lowest BCUT2D eigenvalue weighted by molar-refractivity contribution is 0.209. The fourth-order valence-electron chi connectivity index (χ4n) is 2.18. The second kappa shape index (κ2) is 5.46. The molecule has 1 aromatic heterocycles. The predicted molar refractivity (Wildman–Crippen MR) is 76.6 cm³/mol. The minimum Gasteiger partial charge on any atom is -0.496 e. The van der Waals surface area contributed by atoms with Gasteiger partial charge in [-0.3, -0.25) is 4.98 Å². The zero-order valence-electron chi connectivity index (χ0n) is 11.3. The van der Waals surface area contributed by atoms with Gasteiger partial charge in [-0.05, 0) is 30.3 Å². The van der Waals surface area contributed by atoms with Crippen molar-refractivity contribution in [1.82, 2.24) is 9.97 Å². The van der Waals surface area contributed by atoms with Crippen LogP contribution in [0.3, 0.4) is 0 Å². The molecule has 0 saturated heterocycles. The highest BCUT2D eigenvalue weighted by atomic mass is 19.1. The number of hydrogen-bond acceptors (Lipinski definition) is 4. The minimum absolute atomic E-state index is 0.321. The van der Waals surface area contributed by atoms with Crippen LogP contribution in [0.15, 0.2) is 48.7 Å². The van der Waals surface area contributed by atoms with Gasteiger partial charge in [-0.15, -0.1) is 0 Å². The van der Waals surface area contributed by atoms with E-state index < -0.39 is 11.9 Å². The molecule has 0 saturated carbocycles. The van der Waals surface area contributed by atoms with Gasteiger partial charge in [0.2, 0.25) is 0 Å². The molecule has 4 nitrogen and oxygen atoms in total. The average molecular weight is 284 g/mol. The van der Waals surface area contributed by atoms with Crippen LogP contribution in [0.25, 0.3) is 11.0 Å². The summed E-state index contributed by atoms with van der Waals surface area (Å²) in [6.07, 6.45) is 0.380. The molecule has 0 bridgehead atoms. The van der Waals surface area contributed by atoms with E-state index in [4.69, 9.17) is 4.74 Å². The van der Waals surface area contributed by atoms with E-state index in [9.17, 15) is 9.50 Å². The van der Waals surface area contributed by atoms with E-state index in [1.807, 2.05) is 18.2 Å². The van der Waals surface area contributed by atoms with Crippen LogP contribution in [0, 0.1) is 5.82 Å². The lowest BCUT2D eigenvalue weighted by Gasteiger charge is -2.14. The SMILES string of the molecule is COc1ccc(F)cc1C(O)c1cnc2ccccc2n1. The number of aromatic nitrogens is 2. The molecule has 2 aromatic carbocycles. The van der Waals surface area contributed by atoms with Crippen LogP contribution in [0.1, 0.15) is 17.4 Å². The summed E-state index contributed by atoms with van der Waals surface area (Å²) in [6, 6.07) is 11.3. The Morgan fingerprint density at radius 3 is 2.67 bits per heavy atom. The summed E-state index contributed by atoms with van der Waals surface area (Å²) in [4.78, 5) is 8.61. The van der Waals surface area contributed by atoms with E-state index in [0.717, 1.165) is 5.52 Å². The lowest BCUT2D eigenvalue weighted by Crippen LogP contribution is -2.06. The third kappa shape index (κ3) is 2.55. The molecule has 106 valence electrons. The number of fused-ring (bicyclic) bond motifs is 1. The van der Waals surface area contributed by atoms with E-state index in [1.54, 1.807) is 6.07 Å². The fourth-order valence-corrected chi connectivity index (χ4v) is 2.18. The van der Waals surface area contributed by atoms with Crippen molar-refractivity contribution >= 4 is 11.0 Å². The molecule has 1 atom stereocenters. The maximum absolute atomic E-state index is 13.4. The largest absolute Gasteiger partial charge is 0.496 e. The molecular formula is C16H13FN2O2. The molecule has 0 amide bonds. The standard InChI is InChI=1S/C16H13FN2O2/c1-21-15-7-6-10(17)8-11(15)16(20)14-9-18-12-4-2-3-5-13(12)19-14/h2-9,16,20H,1H3. The molecule has 0 aliphatic carbocycles. The summed E-state index contributed by atoms with van der Waals surface area (Å²) in [7, 11) is 1.47. The average Bonchev–Trinajstić information content (AvgIpc) is 2.53. The van der Waals surface area contributed by atoms with Gasteiger partial charge >= 0.3 is 0 Å². The van der Waals surface area contributed by atoms with Crippen LogP contribution in [-0.4, -0.2) is 22.2 Å². The summed E-state index contributed by atoms with van der Waals surface area (Å²) in [5.74, 6) is -0.0440. The normalized spacial score (nSPS) is 12.3. The molecule has 5 heteroatoms. The van der Waals surface area contributed by atoms with E-state index in [2.05, 4.69) is 9.97 Å². The number of para-hydroxylation sites is 2. The number of benzene rings is 2. The highest BCUT2D eigenvalue weighted by molar-refractivity contribution is 5.73. The summed E-state index contributed by atoms with van der Waals surface area (Å²) in [5.41, 5.74) is 2.07. The van der Waals surface area contributed by atoms with Crippen molar-refractivity contribution < 1.29 is 14.2 Å². The Balaban J connectivity index is 2.07. The predicted octanol–water partition coefficient (Wildman–Crippen LogP) is 2.86. The van der Waals surface area contributed by atoms with Crippen molar-refractivity contribution in [3.8, 4) is 5.75 Å². The first kappa shape index (κ1) is 13.5. The number of rotatable bonds is 3. The molecule has 0 aliphatic rings. The first-order valence-corrected chi connectivity index (χ1v) is 6.42. The van der Waals surface area contributed by atoms with Gasteiger partial charge in [0.1, 0.15) is 17.7 Å². The number of halogens is 1. The second-order valence-electron chi connectivity index (χ2n) is 4.57. The first-order valence-electron chi connectivity index (χ1n) is 6.42. The summed E-state index contributed by atoms with van der Waals surface area (Å²) >= 11 is 0. The highest BCUT2D eigenvalue weighted by Gasteiger charge is 2.18. The molecule has 0 fully saturated rings. The third-order valence-corrected chi connectivity index (χ3v) is 3.23. The van der Waals surface area contributed by atoms with Crippen molar-refractivity contribution in [1.29, 1.82) is 0 Å². The van der Waals surface area contributed by atoms with Crippen LogP contribution < -0.4 is 4.74 Å². The number of methoxy groups -OCH3 is 1. The summed E-state index contributed by atoms with van der Waals surface area (Å²) in [6.45, 7) is 0. The van der Waals surface area contributed by atoms with E-state index >= 15 is 0 Å². The quantitative estimate of drug-likeness (QED) is 0.803. The Bertz CT molecular complexity index is 792. The van der Waals surface area contributed by atoms with Crippen LogP contribution in [-0.2, 0) is 0 Å². The number of hydrogen-bond donors (Lipinski definition) is 1. The maximum Gasteiger partial charge on any atom is 0.126 e. The Hall–Kier alpha value is -2.53. The van der Waals surface area contributed by atoms with Gasteiger partial charge in [0, 0.05) is 5.56 Å². The van der Waals surface area contributed by atoms with Gasteiger partial charge in [-0.25, -0.2) is 9.37 Å². The first-order chi connectivity index (χ1) is 10.2.